The Labute approximate surface area is 78.4 Å². The number of ketones is 1. The molecule has 74 valence electrons. The molecule has 0 N–H and O–H groups in total. The number of ether oxygens (including phenoxy) is 2. The van der Waals surface area contributed by atoms with Crippen LogP contribution in [0.25, 0.3) is 0 Å². The molecule has 0 amide bonds. The fraction of sp³-hybridized carbons (Fsp3) is 0.900. The molecule has 0 aromatic carbocycles. The number of carbonyl (C=O) groups excluding carboxylic acids is 1. The fourth-order valence-corrected chi connectivity index (χ4v) is 2.51. The summed E-state index contributed by atoms with van der Waals surface area (Å²) in [5, 5.41) is 0. The van der Waals surface area contributed by atoms with Crippen LogP contribution in [-0.2, 0) is 14.3 Å². The third kappa shape index (κ3) is 1.07. The van der Waals surface area contributed by atoms with Gasteiger partial charge in [0.05, 0.1) is 12.0 Å². The molecule has 2 bridgehead atoms. The molecule has 0 aromatic rings. The summed E-state index contributed by atoms with van der Waals surface area (Å²) in [5.74, 6) is -0.392. The van der Waals surface area contributed by atoms with E-state index in [0.717, 1.165) is 12.8 Å². The number of hydrogen-bond donors (Lipinski definition) is 0. The summed E-state index contributed by atoms with van der Waals surface area (Å²) in [7, 11) is 1.63. The normalized spacial score (nSPS) is 49.8. The Bertz CT molecular complexity index is 238. The van der Waals surface area contributed by atoms with Crippen LogP contribution >= 0.6 is 0 Å². The molecule has 4 atom stereocenters. The van der Waals surface area contributed by atoms with Crippen LogP contribution in [0.1, 0.15) is 26.7 Å². The summed E-state index contributed by atoms with van der Waals surface area (Å²) in [5.41, 5.74) is 0. The molecule has 3 nitrogen and oxygen atoms in total. The molecule has 2 aliphatic rings. The van der Waals surface area contributed by atoms with Crippen molar-refractivity contribution in [2.75, 3.05) is 7.11 Å². The highest BCUT2D eigenvalue weighted by atomic mass is 16.7. The minimum absolute atomic E-state index is 0.0424. The van der Waals surface area contributed by atoms with E-state index in [9.17, 15) is 4.79 Å². The van der Waals surface area contributed by atoms with Crippen molar-refractivity contribution in [3.8, 4) is 0 Å². The molecule has 2 fully saturated rings. The average Bonchev–Trinajstić information content (AvgIpc) is 2.55. The van der Waals surface area contributed by atoms with Gasteiger partial charge in [0.15, 0.2) is 5.79 Å². The van der Waals surface area contributed by atoms with Crippen LogP contribution in [0.15, 0.2) is 0 Å². The molecule has 2 heterocycles. The van der Waals surface area contributed by atoms with E-state index in [1.807, 2.05) is 13.8 Å². The van der Waals surface area contributed by atoms with E-state index in [4.69, 9.17) is 9.47 Å². The number of hydrogen-bond acceptors (Lipinski definition) is 3. The Balaban J connectivity index is 2.31. The Kier molecular flexibility index (Phi) is 1.96. The fourth-order valence-electron chi connectivity index (χ4n) is 2.51. The average molecular weight is 184 g/mol. The summed E-state index contributed by atoms with van der Waals surface area (Å²) < 4.78 is 11.1. The van der Waals surface area contributed by atoms with E-state index >= 15 is 0 Å². The van der Waals surface area contributed by atoms with Crippen LogP contribution < -0.4 is 0 Å². The summed E-state index contributed by atoms with van der Waals surface area (Å²) in [6, 6.07) is 0. The van der Waals surface area contributed by atoms with Crippen LogP contribution in [0.4, 0.5) is 0 Å². The van der Waals surface area contributed by atoms with E-state index < -0.39 is 5.79 Å². The molecule has 0 spiro atoms. The minimum atomic E-state index is -0.603. The van der Waals surface area contributed by atoms with Gasteiger partial charge in [-0.15, -0.1) is 0 Å². The van der Waals surface area contributed by atoms with Crippen molar-refractivity contribution in [2.24, 2.45) is 11.8 Å². The topological polar surface area (TPSA) is 35.5 Å². The molecule has 0 radical (unpaired) electrons. The van der Waals surface area contributed by atoms with Crippen molar-refractivity contribution in [3.63, 3.8) is 0 Å². The first-order chi connectivity index (χ1) is 6.10. The Morgan fingerprint density at radius 2 is 2.23 bits per heavy atom. The lowest BCUT2D eigenvalue weighted by molar-refractivity contribution is -0.257. The molecular weight excluding hydrogens is 168 g/mol. The van der Waals surface area contributed by atoms with Crippen molar-refractivity contribution < 1.29 is 14.3 Å². The molecule has 2 aliphatic heterocycles. The first kappa shape index (κ1) is 9.16. The predicted molar refractivity (Wildman–Crippen MR) is 47.2 cm³/mol. The SMILES string of the molecule is CO[C@@]12CC[C@@H](O1)[C@H](C)C(=O)[C@@H]2C. The zero-order valence-electron chi connectivity index (χ0n) is 8.37. The minimum Gasteiger partial charge on any atom is -0.352 e. The maximum absolute atomic E-state index is 11.8. The van der Waals surface area contributed by atoms with Gasteiger partial charge in [-0.25, -0.2) is 0 Å². The zero-order valence-corrected chi connectivity index (χ0v) is 8.37. The Morgan fingerprint density at radius 1 is 1.54 bits per heavy atom. The molecular formula is C10H16O3. The number of rotatable bonds is 1. The van der Waals surface area contributed by atoms with Crippen LogP contribution in [0.5, 0.6) is 0 Å². The van der Waals surface area contributed by atoms with Gasteiger partial charge in [-0.05, 0) is 6.42 Å². The van der Waals surface area contributed by atoms with Crippen molar-refractivity contribution >= 4 is 5.78 Å². The van der Waals surface area contributed by atoms with Crippen molar-refractivity contribution in [3.05, 3.63) is 0 Å². The second-order valence-corrected chi connectivity index (χ2v) is 4.12. The highest BCUT2D eigenvalue weighted by Crippen LogP contribution is 2.45. The maximum Gasteiger partial charge on any atom is 0.177 e. The molecule has 0 aromatic heterocycles. The lowest BCUT2D eigenvalue weighted by Gasteiger charge is -2.39. The van der Waals surface area contributed by atoms with Gasteiger partial charge in [0.2, 0.25) is 0 Å². The number of Topliss-reactive ketones (excluding diaryl/α,β-unsaturated/α-hetero) is 1. The second-order valence-electron chi connectivity index (χ2n) is 4.12. The standard InChI is InChI=1S/C10H16O3/c1-6-8-4-5-10(12-3,13-8)7(2)9(6)11/h6-8H,4-5H2,1-3H3/t6-,7-,8+,10-/m0/s1. The molecule has 2 saturated heterocycles. The van der Waals surface area contributed by atoms with E-state index in [1.54, 1.807) is 7.11 Å². The predicted octanol–water partition coefficient (Wildman–Crippen LogP) is 1.36. The van der Waals surface area contributed by atoms with Crippen molar-refractivity contribution in [1.29, 1.82) is 0 Å². The zero-order chi connectivity index (χ0) is 9.64. The molecule has 0 saturated carbocycles. The monoisotopic (exact) mass is 184 g/mol. The Hall–Kier alpha value is -0.410. The van der Waals surface area contributed by atoms with Gasteiger partial charge < -0.3 is 9.47 Å². The highest BCUT2D eigenvalue weighted by Gasteiger charge is 2.55. The smallest absolute Gasteiger partial charge is 0.177 e. The molecule has 0 unspecified atom stereocenters. The summed E-state index contributed by atoms with van der Waals surface area (Å²) in [6.45, 7) is 3.86. The van der Waals surface area contributed by atoms with Gasteiger partial charge in [0.1, 0.15) is 5.78 Å². The largest absolute Gasteiger partial charge is 0.352 e. The first-order valence-corrected chi connectivity index (χ1v) is 4.87. The van der Waals surface area contributed by atoms with E-state index in [2.05, 4.69) is 0 Å². The van der Waals surface area contributed by atoms with Gasteiger partial charge in [0, 0.05) is 19.4 Å². The van der Waals surface area contributed by atoms with Crippen molar-refractivity contribution in [2.45, 2.75) is 38.6 Å². The summed E-state index contributed by atoms with van der Waals surface area (Å²) in [6.07, 6.45) is 1.89. The van der Waals surface area contributed by atoms with Gasteiger partial charge in [-0.3, -0.25) is 4.79 Å². The number of carbonyl (C=O) groups is 1. The number of methoxy groups -OCH3 is 1. The highest BCUT2D eigenvalue weighted by molar-refractivity contribution is 5.85. The lowest BCUT2D eigenvalue weighted by atomic mass is 9.87. The molecule has 3 heteroatoms. The summed E-state index contributed by atoms with van der Waals surface area (Å²) >= 11 is 0. The second kappa shape index (κ2) is 2.79. The van der Waals surface area contributed by atoms with E-state index in [1.165, 1.54) is 0 Å². The van der Waals surface area contributed by atoms with Crippen LogP contribution in [0.2, 0.25) is 0 Å². The maximum atomic E-state index is 11.8. The van der Waals surface area contributed by atoms with Gasteiger partial charge >= 0.3 is 0 Å². The van der Waals surface area contributed by atoms with Crippen molar-refractivity contribution in [1.82, 2.24) is 0 Å². The molecule has 0 aliphatic carbocycles. The van der Waals surface area contributed by atoms with Crippen LogP contribution in [0, 0.1) is 11.8 Å². The third-order valence-electron chi connectivity index (χ3n) is 3.57. The van der Waals surface area contributed by atoms with Crippen LogP contribution in [-0.4, -0.2) is 24.8 Å². The number of fused-ring (bicyclic) bond motifs is 2. The van der Waals surface area contributed by atoms with Gasteiger partial charge in [-0.1, -0.05) is 13.8 Å². The molecule has 13 heavy (non-hydrogen) atoms. The van der Waals surface area contributed by atoms with E-state index in [-0.39, 0.29) is 23.7 Å². The van der Waals surface area contributed by atoms with Crippen LogP contribution in [0.3, 0.4) is 0 Å². The van der Waals surface area contributed by atoms with Gasteiger partial charge in [0.25, 0.3) is 0 Å². The first-order valence-electron chi connectivity index (χ1n) is 4.87. The quantitative estimate of drug-likeness (QED) is 0.617. The van der Waals surface area contributed by atoms with E-state index in [0.29, 0.717) is 0 Å². The lowest BCUT2D eigenvalue weighted by Crippen LogP contribution is -2.50. The summed E-state index contributed by atoms with van der Waals surface area (Å²) in [4.78, 5) is 11.8. The molecule has 2 rings (SSSR count). The Morgan fingerprint density at radius 3 is 2.85 bits per heavy atom. The third-order valence-corrected chi connectivity index (χ3v) is 3.57. The van der Waals surface area contributed by atoms with Gasteiger partial charge in [-0.2, -0.15) is 0 Å².